The number of carbonyl (C=O) groups is 2. The van der Waals surface area contributed by atoms with Gasteiger partial charge in [-0.3, -0.25) is 4.79 Å². The second-order valence-electron chi connectivity index (χ2n) is 4.60. The molecule has 2 heterocycles. The number of ether oxygens (including phenoxy) is 1. The molecule has 0 bridgehead atoms. The van der Waals surface area contributed by atoms with Crippen molar-refractivity contribution in [2.45, 2.75) is 6.42 Å². The van der Waals surface area contributed by atoms with Crippen LogP contribution in [0.25, 0.3) is 0 Å². The van der Waals surface area contributed by atoms with E-state index in [1.165, 1.54) is 18.3 Å². The molecule has 1 aliphatic heterocycles. The molecule has 6 heteroatoms. The number of carboxylic acids is 1. The summed E-state index contributed by atoms with van der Waals surface area (Å²) in [4.78, 5) is 28.4. The van der Waals surface area contributed by atoms with Crippen molar-refractivity contribution < 1.29 is 19.4 Å². The Morgan fingerprint density at radius 2 is 2.32 bits per heavy atom. The fourth-order valence-electron chi connectivity index (χ4n) is 2.22. The van der Waals surface area contributed by atoms with Gasteiger partial charge in [0.15, 0.2) is 0 Å². The van der Waals surface area contributed by atoms with Crippen molar-refractivity contribution in [3.8, 4) is 0 Å². The fourth-order valence-corrected chi connectivity index (χ4v) is 2.22. The van der Waals surface area contributed by atoms with Gasteiger partial charge in [-0.2, -0.15) is 0 Å². The lowest BCUT2D eigenvalue weighted by Gasteiger charge is -2.16. The van der Waals surface area contributed by atoms with Crippen LogP contribution in [0.15, 0.2) is 18.3 Å². The van der Waals surface area contributed by atoms with E-state index in [9.17, 15) is 9.59 Å². The van der Waals surface area contributed by atoms with Gasteiger partial charge in [0.2, 0.25) is 0 Å². The van der Waals surface area contributed by atoms with E-state index in [0.29, 0.717) is 31.2 Å². The third kappa shape index (κ3) is 3.08. The van der Waals surface area contributed by atoms with Gasteiger partial charge in [0.25, 0.3) is 5.91 Å². The van der Waals surface area contributed by atoms with E-state index in [4.69, 9.17) is 9.84 Å². The number of rotatable bonds is 4. The highest BCUT2D eigenvalue weighted by Gasteiger charge is 2.27. The normalized spacial score (nSPS) is 18.6. The molecule has 1 amide bonds. The van der Waals surface area contributed by atoms with Crippen molar-refractivity contribution in [2.75, 3.05) is 26.8 Å². The van der Waals surface area contributed by atoms with Gasteiger partial charge in [-0.05, 0) is 18.6 Å². The molecular weight excluding hydrogens is 248 g/mol. The van der Waals surface area contributed by atoms with Crippen molar-refractivity contribution in [1.82, 2.24) is 9.88 Å². The summed E-state index contributed by atoms with van der Waals surface area (Å²) >= 11 is 0. The predicted octanol–water partition coefficient (Wildman–Crippen LogP) is 0.888. The van der Waals surface area contributed by atoms with Gasteiger partial charge >= 0.3 is 5.97 Å². The summed E-state index contributed by atoms with van der Waals surface area (Å²) in [6.45, 7) is 2.03. The molecule has 0 aliphatic carbocycles. The van der Waals surface area contributed by atoms with Crippen molar-refractivity contribution in [3.63, 3.8) is 0 Å². The van der Waals surface area contributed by atoms with Crippen LogP contribution in [0, 0.1) is 5.92 Å². The van der Waals surface area contributed by atoms with Crippen LogP contribution in [-0.2, 0) is 4.74 Å². The third-order valence-electron chi connectivity index (χ3n) is 3.20. The van der Waals surface area contributed by atoms with Crippen LogP contribution >= 0.6 is 0 Å². The summed E-state index contributed by atoms with van der Waals surface area (Å²) in [6, 6.07) is 2.85. The quantitative estimate of drug-likeness (QED) is 0.873. The monoisotopic (exact) mass is 264 g/mol. The second kappa shape index (κ2) is 5.79. The Balaban J connectivity index is 2.02. The molecule has 2 rings (SSSR count). The first-order valence-corrected chi connectivity index (χ1v) is 6.09. The standard InChI is InChI=1S/C13H16N2O4/c1-19-8-9-4-5-15(7-9)12(16)10-2-3-11(13(17)18)14-6-10/h2-3,6,9H,4-5,7-8H2,1H3,(H,17,18). The van der Waals surface area contributed by atoms with Crippen molar-refractivity contribution in [3.05, 3.63) is 29.6 Å². The molecule has 0 radical (unpaired) electrons. The van der Waals surface area contributed by atoms with E-state index in [1.807, 2.05) is 0 Å². The van der Waals surface area contributed by atoms with Crippen molar-refractivity contribution >= 4 is 11.9 Å². The molecule has 1 aromatic rings. The maximum atomic E-state index is 12.2. The molecule has 1 fully saturated rings. The second-order valence-corrected chi connectivity index (χ2v) is 4.60. The van der Waals surface area contributed by atoms with E-state index >= 15 is 0 Å². The molecule has 0 spiro atoms. The molecule has 0 saturated carbocycles. The maximum absolute atomic E-state index is 12.2. The third-order valence-corrected chi connectivity index (χ3v) is 3.20. The topological polar surface area (TPSA) is 79.7 Å². The van der Waals surface area contributed by atoms with Crippen LogP contribution in [0.2, 0.25) is 0 Å². The van der Waals surface area contributed by atoms with Gasteiger partial charge in [-0.1, -0.05) is 0 Å². The Labute approximate surface area is 111 Å². The molecule has 1 atom stereocenters. The van der Waals surface area contributed by atoms with Gasteiger partial charge in [0, 0.05) is 32.3 Å². The number of nitrogens with zero attached hydrogens (tertiary/aromatic N) is 2. The lowest BCUT2D eigenvalue weighted by atomic mass is 10.1. The zero-order valence-electron chi connectivity index (χ0n) is 10.7. The summed E-state index contributed by atoms with van der Waals surface area (Å²) in [7, 11) is 1.65. The lowest BCUT2D eigenvalue weighted by molar-refractivity contribution is 0.0688. The Hall–Kier alpha value is -1.95. The van der Waals surface area contributed by atoms with E-state index in [1.54, 1.807) is 12.0 Å². The van der Waals surface area contributed by atoms with Crippen LogP contribution in [0.4, 0.5) is 0 Å². The first-order chi connectivity index (χ1) is 9.11. The summed E-state index contributed by atoms with van der Waals surface area (Å²) in [5.41, 5.74) is 0.360. The number of pyridine rings is 1. The highest BCUT2D eigenvalue weighted by atomic mass is 16.5. The SMILES string of the molecule is COCC1CCN(C(=O)c2ccc(C(=O)O)nc2)C1. The van der Waals surface area contributed by atoms with Gasteiger partial charge < -0.3 is 14.7 Å². The Morgan fingerprint density at radius 3 is 2.89 bits per heavy atom. The number of carboxylic acid groups (broad SMARTS) is 1. The summed E-state index contributed by atoms with van der Waals surface area (Å²) in [5.74, 6) is -0.830. The molecular formula is C13H16N2O4. The number of aromatic nitrogens is 1. The molecule has 1 saturated heterocycles. The fraction of sp³-hybridized carbons (Fsp3) is 0.462. The number of methoxy groups -OCH3 is 1. The molecule has 1 aliphatic rings. The van der Waals surface area contributed by atoms with E-state index in [2.05, 4.69) is 4.98 Å². The molecule has 1 N–H and O–H groups in total. The zero-order chi connectivity index (χ0) is 13.8. The Morgan fingerprint density at radius 1 is 1.53 bits per heavy atom. The molecule has 102 valence electrons. The first-order valence-electron chi connectivity index (χ1n) is 6.09. The summed E-state index contributed by atoms with van der Waals surface area (Å²) in [5, 5.41) is 8.75. The summed E-state index contributed by atoms with van der Waals surface area (Å²) < 4.78 is 5.09. The smallest absolute Gasteiger partial charge is 0.354 e. The average molecular weight is 264 g/mol. The van der Waals surface area contributed by atoms with Gasteiger partial charge in [-0.15, -0.1) is 0 Å². The highest BCUT2D eigenvalue weighted by Crippen LogP contribution is 2.18. The number of carbonyl (C=O) groups excluding carboxylic acids is 1. The number of amides is 1. The van der Waals surface area contributed by atoms with E-state index in [0.717, 1.165) is 6.42 Å². The number of aromatic carboxylic acids is 1. The molecule has 1 aromatic heterocycles. The highest BCUT2D eigenvalue weighted by molar-refractivity contribution is 5.95. The van der Waals surface area contributed by atoms with E-state index < -0.39 is 5.97 Å². The van der Waals surface area contributed by atoms with Crippen LogP contribution in [0.1, 0.15) is 27.3 Å². The van der Waals surface area contributed by atoms with Gasteiger partial charge in [0.05, 0.1) is 12.2 Å². The number of hydrogen-bond donors (Lipinski definition) is 1. The predicted molar refractivity (Wildman–Crippen MR) is 67.1 cm³/mol. The molecule has 19 heavy (non-hydrogen) atoms. The van der Waals surface area contributed by atoms with E-state index in [-0.39, 0.29) is 11.6 Å². The number of hydrogen-bond acceptors (Lipinski definition) is 4. The van der Waals surface area contributed by atoms with Gasteiger partial charge in [-0.25, -0.2) is 9.78 Å². The average Bonchev–Trinajstić information content (AvgIpc) is 2.87. The molecule has 6 nitrogen and oxygen atoms in total. The molecule has 1 unspecified atom stereocenters. The molecule has 0 aromatic carbocycles. The minimum Gasteiger partial charge on any atom is -0.477 e. The van der Waals surface area contributed by atoms with Crippen molar-refractivity contribution in [1.29, 1.82) is 0 Å². The van der Waals surface area contributed by atoms with Crippen molar-refractivity contribution in [2.24, 2.45) is 5.92 Å². The van der Waals surface area contributed by atoms with Gasteiger partial charge in [0.1, 0.15) is 5.69 Å². The maximum Gasteiger partial charge on any atom is 0.354 e. The van der Waals surface area contributed by atoms with Crippen LogP contribution in [0.5, 0.6) is 0 Å². The summed E-state index contributed by atoms with van der Waals surface area (Å²) in [6.07, 6.45) is 2.25. The van der Waals surface area contributed by atoms with Crippen LogP contribution < -0.4 is 0 Å². The van der Waals surface area contributed by atoms with Crippen LogP contribution in [-0.4, -0.2) is 53.7 Å². The lowest BCUT2D eigenvalue weighted by Crippen LogP contribution is -2.29. The Kier molecular flexibility index (Phi) is 4.11. The number of likely N-dealkylation sites (tertiary alicyclic amines) is 1. The largest absolute Gasteiger partial charge is 0.477 e. The van der Waals surface area contributed by atoms with Crippen LogP contribution in [0.3, 0.4) is 0 Å². The first kappa shape index (κ1) is 13.5. The zero-order valence-corrected chi connectivity index (χ0v) is 10.7. The Bertz CT molecular complexity index is 472. The minimum atomic E-state index is -1.10. The minimum absolute atomic E-state index is 0.0600.